The highest BCUT2D eigenvalue weighted by Gasteiger charge is 2.02. The molecule has 0 bridgehead atoms. The van der Waals surface area contributed by atoms with E-state index < -0.39 is 0 Å². The minimum Gasteiger partial charge on any atom is -0.493 e. The van der Waals surface area contributed by atoms with Gasteiger partial charge in [-0.3, -0.25) is 9.59 Å². The van der Waals surface area contributed by atoms with Gasteiger partial charge in [0, 0.05) is 24.6 Å². The molecule has 0 aliphatic heterocycles. The van der Waals surface area contributed by atoms with Crippen molar-refractivity contribution in [2.24, 2.45) is 0 Å². The molecule has 1 aromatic carbocycles. The lowest BCUT2D eigenvalue weighted by molar-refractivity contribution is -0.140. The number of esters is 1. The van der Waals surface area contributed by atoms with Gasteiger partial charge in [0.05, 0.1) is 13.7 Å². The van der Waals surface area contributed by atoms with E-state index in [1.807, 2.05) is 31.2 Å². The largest absolute Gasteiger partial charge is 0.493 e. The molecule has 0 aliphatic rings. The number of methoxy groups -OCH3 is 1. The first-order valence-corrected chi connectivity index (χ1v) is 6.92. The zero-order valence-electron chi connectivity index (χ0n) is 12.4. The van der Waals surface area contributed by atoms with Gasteiger partial charge in [-0.05, 0) is 25.5 Å². The van der Waals surface area contributed by atoms with Crippen LogP contribution in [0.1, 0.15) is 25.3 Å². The minimum absolute atomic E-state index is 0.203. The van der Waals surface area contributed by atoms with Crippen molar-refractivity contribution in [3.8, 4) is 5.75 Å². The normalized spacial score (nSPS) is 10.4. The number of para-hydroxylation sites is 1. The van der Waals surface area contributed by atoms with E-state index in [2.05, 4.69) is 10.1 Å². The minimum atomic E-state index is -0.273. The van der Waals surface area contributed by atoms with Crippen LogP contribution in [0.3, 0.4) is 0 Å². The van der Waals surface area contributed by atoms with Crippen molar-refractivity contribution in [1.82, 2.24) is 5.32 Å². The summed E-state index contributed by atoms with van der Waals surface area (Å²) in [7, 11) is 1.35. The van der Waals surface area contributed by atoms with E-state index in [9.17, 15) is 9.59 Å². The lowest BCUT2D eigenvalue weighted by atomic mass is 10.2. The molecule has 0 unspecified atom stereocenters. The molecule has 0 atom stereocenters. The molecular weight excluding hydrogens is 270 g/mol. The molecule has 1 aromatic rings. The molecule has 114 valence electrons. The average Bonchev–Trinajstić information content (AvgIpc) is 2.50. The zero-order valence-corrected chi connectivity index (χ0v) is 12.4. The highest BCUT2D eigenvalue weighted by atomic mass is 16.5. The van der Waals surface area contributed by atoms with Crippen LogP contribution in [0.5, 0.6) is 5.75 Å². The summed E-state index contributed by atoms with van der Waals surface area (Å²) in [5, 5.41) is 2.71. The fraction of sp³-hybridized carbons (Fsp3) is 0.375. The van der Waals surface area contributed by atoms with E-state index in [0.717, 1.165) is 11.3 Å². The third kappa shape index (κ3) is 6.61. The van der Waals surface area contributed by atoms with Gasteiger partial charge < -0.3 is 14.8 Å². The number of carbonyl (C=O) groups is 2. The Morgan fingerprint density at radius 2 is 2.05 bits per heavy atom. The lowest BCUT2D eigenvalue weighted by Crippen LogP contribution is -2.22. The highest BCUT2D eigenvalue weighted by Crippen LogP contribution is 2.19. The SMILES string of the molecule is CCOc1ccccc1/C=C/C(=O)NCCCC(=O)OC. The maximum absolute atomic E-state index is 11.6. The number of hydrogen-bond acceptors (Lipinski definition) is 4. The highest BCUT2D eigenvalue weighted by molar-refractivity contribution is 5.92. The second-order valence-corrected chi connectivity index (χ2v) is 4.27. The van der Waals surface area contributed by atoms with Crippen LogP contribution in [-0.2, 0) is 14.3 Å². The smallest absolute Gasteiger partial charge is 0.305 e. The molecule has 5 heteroatoms. The Morgan fingerprint density at radius 3 is 2.76 bits per heavy atom. The van der Waals surface area contributed by atoms with Gasteiger partial charge in [-0.2, -0.15) is 0 Å². The summed E-state index contributed by atoms with van der Waals surface area (Å²) in [6, 6.07) is 7.51. The van der Waals surface area contributed by atoms with E-state index in [0.29, 0.717) is 26.0 Å². The second kappa shape index (κ2) is 9.58. The van der Waals surface area contributed by atoms with Gasteiger partial charge in [-0.25, -0.2) is 0 Å². The number of rotatable bonds is 8. The van der Waals surface area contributed by atoms with Gasteiger partial charge in [0.25, 0.3) is 0 Å². The van der Waals surface area contributed by atoms with Crippen LogP contribution >= 0.6 is 0 Å². The van der Waals surface area contributed by atoms with Crippen LogP contribution < -0.4 is 10.1 Å². The standard InChI is InChI=1S/C16H21NO4/c1-3-21-14-8-5-4-7-13(14)10-11-15(18)17-12-6-9-16(19)20-2/h4-5,7-8,10-11H,3,6,9,12H2,1-2H3,(H,17,18)/b11-10+. The maximum Gasteiger partial charge on any atom is 0.305 e. The zero-order chi connectivity index (χ0) is 15.5. The number of hydrogen-bond donors (Lipinski definition) is 1. The predicted octanol–water partition coefficient (Wildman–Crippen LogP) is 2.17. The molecule has 21 heavy (non-hydrogen) atoms. The van der Waals surface area contributed by atoms with Gasteiger partial charge in [-0.1, -0.05) is 18.2 Å². The van der Waals surface area contributed by atoms with E-state index in [1.165, 1.54) is 13.2 Å². The molecule has 0 aromatic heterocycles. The Balaban J connectivity index is 2.42. The molecule has 1 rings (SSSR count). The summed E-state index contributed by atoms with van der Waals surface area (Å²) in [5.74, 6) is 0.270. The van der Waals surface area contributed by atoms with Crippen molar-refractivity contribution < 1.29 is 19.1 Å². The summed E-state index contributed by atoms with van der Waals surface area (Å²) in [6.45, 7) is 2.92. The van der Waals surface area contributed by atoms with Crippen LogP contribution in [0.25, 0.3) is 6.08 Å². The Bertz CT molecular complexity index is 497. The van der Waals surface area contributed by atoms with Crippen molar-refractivity contribution in [1.29, 1.82) is 0 Å². The Labute approximate surface area is 124 Å². The molecule has 5 nitrogen and oxygen atoms in total. The molecule has 0 aliphatic carbocycles. The van der Waals surface area contributed by atoms with Crippen molar-refractivity contribution in [2.45, 2.75) is 19.8 Å². The Kier molecular flexibility index (Phi) is 7.64. The number of nitrogens with one attached hydrogen (secondary N) is 1. The van der Waals surface area contributed by atoms with Crippen molar-refractivity contribution in [2.75, 3.05) is 20.3 Å². The third-order valence-corrected chi connectivity index (χ3v) is 2.72. The van der Waals surface area contributed by atoms with Crippen LogP contribution in [0.4, 0.5) is 0 Å². The predicted molar refractivity (Wildman–Crippen MR) is 80.9 cm³/mol. The fourth-order valence-corrected chi connectivity index (χ4v) is 1.68. The monoisotopic (exact) mass is 291 g/mol. The summed E-state index contributed by atoms with van der Waals surface area (Å²) >= 11 is 0. The molecule has 0 fully saturated rings. The molecule has 0 saturated carbocycles. The Hall–Kier alpha value is -2.30. The van der Waals surface area contributed by atoms with Gasteiger partial charge in [-0.15, -0.1) is 0 Å². The first-order chi connectivity index (χ1) is 10.2. The van der Waals surface area contributed by atoms with E-state index in [1.54, 1.807) is 6.08 Å². The second-order valence-electron chi connectivity index (χ2n) is 4.27. The molecule has 0 heterocycles. The van der Waals surface area contributed by atoms with Gasteiger partial charge >= 0.3 is 5.97 Å². The molecule has 0 saturated heterocycles. The van der Waals surface area contributed by atoms with Crippen LogP contribution in [0.15, 0.2) is 30.3 Å². The lowest BCUT2D eigenvalue weighted by Gasteiger charge is -2.06. The number of amides is 1. The van der Waals surface area contributed by atoms with Crippen molar-refractivity contribution in [3.05, 3.63) is 35.9 Å². The van der Waals surface area contributed by atoms with Crippen LogP contribution in [-0.4, -0.2) is 32.1 Å². The Morgan fingerprint density at radius 1 is 1.29 bits per heavy atom. The van der Waals surface area contributed by atoms with Crippen LogP contribution in [0, 0.1) is 0 Å². The van der Waals surface area contributed by atoms with Gasteiger partial charge in [0.2, 0.25) is 5.91 Å². The summed E-state index contributed by atoms with van der Waals surface area (Å²) < 4.78 is 9.99. The molecular formula is C16H21NO4. The van der Waals surface area contributed by atoms with Crippen molar-refractivity contribution in [3.63, 3.8) is 0 Å². The topological polar surface area (TPSA) is 64.6 Å². The number of ether oxygens (including phenoxy) is 2. The first kappa shape index (κ1) is 16.8. The molecule has 1 amide bonds. The average molecular weight is 291 g/mol. The maximum atomic E-state index is 11.6. The van der Waals surface area contributed by atoms with Crippen LogP contribution in [0.2, 0.25) is 0 Å². The molecule has 0 spiro atoms. The first-order valence-electron chi connectivity index (χ1n) is 6.92. The van der Waals surface area contributed by atoms with E-state index >= 15 is 0 Å². The quantitative estimate of drug-likeness (QED) is 0.453. The van der Waals surface area contributed by atoms with Gasteiger partial charge in [0.15, 0.2) is 0 Å². The summed E-state index contributed by atoms with van der Waals surface area (Å²) in [6.07, 6.45) is 4.02. The third-order valence-electron chi connectivity index (χ3n) is 2.72. The molecule has 0 radical (unpaired) electrons. The molecule has 1 N–H and O–H groups in total. The van der Waals surface area contributed by atoms with Gasteiger partial charge in [0.1, 0.15) is 5.75 Å². The van der Waals surface area contributed by atoms with E-state index in [4.69, 9.17) is 4.74 Å². The summed E-state index contributed by atoms with van der Waals surface area (Å²) in [4.78, 5) is 22.5. The fourth-order valence-electron chi connectivity index (χ4n) is 1.68. The summed E-state index contributed by atoms with van der Waals surface area (Å²) in [5.41, 5.74) is 0.851. The van der Waals surface area contributed by atoms with E-state index in [-0.39, 0.29) is 11.9 Å². The number of benzene rings is 1. The number of carbonyl (C=O) groups excluding carboxylic acids is 2. The van der Waals surface area contributed by atoms with Crippen molar-refractivity contribution >= 4 is 18.0 Å².